The van der Waals surface area contributed by atoms with Crippen molar-refractivity contribution in [1.82, 2.24) is 15.5 Å². The quantitative estimate of drug-likeness (QED) is 0.924. The lowest BCUT2D eigenvalue weighted by atomic mass is 9.84. The minimum absolute atomic E-state index is 0.298. The molecule has 1 aromatic heterocycles. The number of ether oxygens (including phenoxy) is 1. The maximum atomic E-state index is 6.08. The van der Waals surface area contributed by atoms with E-state index in [2.05, 4.69) is 17.4 Å². The molecule has 0 radical (unpaired) electrons. The Balaban J connectivity index is 1.78. The summed E-state index contributed by atoms with van der Waals surface area (Å²) in [6.07, 6.45) is 7.84. The van der Waals surface area contributed by atoms with Gasteiger partial charge in [0.1, 0.15) is 5.60 Å². The van der Waals surface area contributed by atoms with E-state index < -0.39 is 0 Å². The van der Waals surface area contributed by atoms with Crippen LogP contribution in [-0.4, -0.2) is 29.3 Å². The highest BCUT2D eigenvalue weighted by Crippen LogP contribution is 2.40. The fourth-order valence-electron chi connectivity index (χ4n) is 3.77. The van der Waals surface area contributed by atoms with Gasteiger partial charge in [-0.15, -0.1) is 0 Å². The predicted molar refractivity (Wildman–Crippen MR) is 80.1 cm³/mol. The van der Waals surface area contributed by atoms with Gasteiger partial charge < -0.3 is 14.6 Å². The number of hydrogen-bond donors (Lipinski definition) is 1. The maximum Gasteiger partial charge on any atom is 0.229 e. The third-order valence-electron chi connectivity index (χ3n) is 4.90. The molecular formula is C16H27N3O2. The maximum absolute atomic E-state index is 6.08. The van der Waals surface area contributed by atoms with E-state index in [4.69, 9.17) is 14.2 Å². The van der Waals surface area contributed by atoms with Gasteiger partial charge in [-0.3, -0.25) is 0 Å². The molecule has 0 aromatic carbocycles. The number of nitrogens with one attached hydrogen (secondary N) is 1. The molecule has 2 aliphatic rings. The summed E-state index contributed by atoms with van der Waals surface area (Å²) < 4.78 is 11.7. The summed E-state index contributed by atoms with van der Waals surface area (Å²) in [7, 11) is 0. The molecule has 5 heteroatoms. The summed E-state index contributed by atoms with van der Waals surface area (Å²) >= 11 is 0. The fourth-order valence-corrected chi connectivity index (χ4v) is 3.77. The highest BCUT2D eigenvalue weighted by molar-refractivity contribution is 5.06. The first kappa shape index (κ1) is 15.0. The summed E-state index contributed by atoms with van der Waals surface area (Å²) in [5.41, 5.74) is -0.298. The van der Waals surface area contributed by atoms with E-state index in [-0.39, 0.29) is 5.60 Å². The lowest BCUT2D eigenvalue weighted by Gasteiger charge is -2.34. The first-order valence-electron chi connectivity index (χ1n) is 8.45. The summed E-state index contributed by atoms with van der Waals surface area (Å²) in [5, 5.41) is 7.76. The van der Waals surface area contributed by atoms with Crippen molar-refractivity contribution in [3.63, 3.8) is 0 Å². The second-order valence-corrected chi connectivity index (χ2v) is 6.52. The van der Waals surface area contributed by atoms with Crippen LogP contribution in [0.5, 0.6) is 0 Å². The lowest BCUT2D eigenvalue weighted by molar-refractivity contribution is -0.0777. The Hall–Kier alpha value is -0.940. The molecule has 118 valence electrons. The van der Waals surface area contributed by atoms with Crippen molar-refractivity contribution in [2.24, 2.45) is 0 Å². The molecule has 0 bridgehead atoms. The van der Waals surface area contributed by atoms with Crippen molar-refractivity contribution in [2.45, 2.75) is 76.4 Å². The van der Waals surface area contributed by atoms with Crippen molar-refractivity contribution in [1.29, 1.82) is 0 Å². The van der Waals surface area contributed by atoms with Crippen molar-refractivity contribution in [3.8, 4) is 0 Å². The number of aromatic nitrogens is 2. The molecule has 2 atom stereocenters. The van der Waals surface area contributed by atoms with Gasteiger partial charge in [0.25, 0.3) is 0 Å². The zero-order chi connectivity index (χ0) is 14.7. The average molecular weight is 293 g/mol. The van der Waals surface area contributed by atoms with Gasteiger partial charge in [-0.2, -0.15) is 4.98 Å². The largest absolute Gasteiger partial charge is 0.367 e. The van der Waals surface area contributed by atoms with Gasteiger partial charge in [0.15, 0.2) is 0 Å². The smallest absolute Gasteiger partial charge is 0.229 e. The van der Waals surface area contributed by atoms with Gasteiger partial charge in [-0.1, -0.05) is 24.4 Å². The van der Waals surface area contributed by atoms with Crippen molar-refractivity contribution in [3.05, 3.63) is 11.7 Å². The number of rotatable bonds is 4. The van der Waals surface area contributed by atoms with Crippen LogP contribution in [0.25, 0.3) is 0 Å². The van der Waals surface area contributed by atoms with Gasteiger partial charge in [0.2, 0.25) is 11.7 Å². The normalized spacial score (nSPS) is 29.4. The van der Waals surface area contributed by atoms with Crippen LogP contribution in [0.15, 0.2) is 4.52 Å². The highest BCUT2D eigenvalue weighted by Gasteiger charge is 2.40. The average Bonchev–Trinajstić information content (AvgIpc) is 2.99. The van der Waals surface area contributed by atoms with Crippen LogP contribution in [0.2, 0.25) is 0 Å². The van der Waals surface area contributed by atoms with E-state index in [9.17, 15) is 0 Å². The summed E-state index contributed by atoms with van der Waals surface area (Å²) in [5.74, 6) is 1.98. The van der Waals surface area contributed by atoms with Crippen LogP contribution in [-0.2, 0) is 10.3 Å². The molecule has 2 unspecified atom stereocenters. The van der Waals surface area contributed by atoms with Gasteiger partial charge in [-0.05, 0) is 46.1 Å². The fraction of sp³-hybridized carbons (Fsp3) is 0.875. The standard InChI is InChI=1S/C16H27N3O2/c1-3-20-16(8-5-4-6-9-16)15-18-14(21-19-15)13-7-10-17-12(2)11-13/h12-13,17H,3-11H2,1-2H3. The Morgan fingerprint density at radius 1 is 1.33 bits per heavy atom. The van der Waals surface area contributed by atoms with Gasteiger partial charge >= 0.3 is 0 Å². The van der Waals surface area contributed by atoms with Crippen molar-refractivity contribution in [2.75, 3.05) is 13.2 Å². The van der Waals surface area contributed by atoms with Crippen LogP contribution in [0.3, 0.4) is 0 Å². The second-order valence-electron chi connectivity index (χ2n) is 6.52. The van der Waals surface area contributed by atoms with Gasteiger partial charge in [0.05, 0.1) is 0 Å². The third kappa shape index (κ3) is 3.14. The third-order valence-corrected chi connectivity index (χ3v) is 4.90. The lowest BCUT2D eigenvalue weighted by Crippen LogP contribution is -2.35. The highest BCUT2D eigenvalue weighted by atomic mass is 16.5. The first-order valence-corrected chi connectivity index (χ1v) is 8.45. The molecule has 21 heavy (non-hydrogen) atoms. The van der Waals surface area contributed by atoms with Crippen LogP contribution in [0, 0.1) is 0 Å². The van der Waals surface area contributed by atoms with Crippen molar-refractivity contribution >= 4 is 0 Å². The molecule has 1 aliphatic heterocycles. The van der Waals surface area contributed by atoms with Crippen LogP contribution < -0.4 is 5.32 Å². The summed E-state index contributed by atoms with van der Waals surface area (Å²) in [4.78, 5) is 4.75. The Bertz CT molecular complexity index is 449. The molecule has 1 N–H and O–H groups in total. The molecule has 2 heterocycles. The minimum atomic E-state index is -0.298. The molecule has 1 saturated heterocycles. The zero-order valence-electron chi connectivity index (χ0n) is 13.2. The molecule has 0 amide bonds. The molecule has 1 saturated carbocycles. The SMILES string of the molecule is CCOC1(c2noc(C3CCNC(C)C3)n2)CCCCC1. The number of piperidine rings is 1. The van der Waals surface area contributed by atoms with Crippen LogP contribution in [0.4, 0.5) is 0 Å². The molecule has 2 fully saturated rings. The van der Waals surface area contributed by atoms with E-state index in [1.807, 2.05) is 6.92 Å². The molecule has 5 nitrogen and oxygen atoms in total. The minimum Gasteiger partial charge on any atom is -0.367 e. The molecule has 1 aliphatic carbocycles. The predicted octanol–water partition coefficient (Wildman–Crippen LogP) is 3.12. The van der Waals surface area contributed by atoms with Crippen LogP contribution >= 0.6 is 0 Å². The zero-order valence-corrected chi connectivity index (χ0v) is 13.2. The summed E-state index contributed by atoms with van der Waals surface area (Å²) in [6.45, 7) is 5.99. The van der Waals surface area contributed by atoms with E-state index in [1.165, 1.54) is 19.3 Å². The topological polar surface area (TPSA) is 60.2 Å². The Labute approximate surface area is 126 Å². The first-order chi connectivity index (χ1) is 10.2. The Morgan fingerprint density at radius 2 is 2.14 bits per heavy atom. The molecular weight excluding hydrogens is 266 g/mol. The van der Waals surface area contributed by atoms with E-state index in [0.29, 0.717) is 18.6 Å². The van der Waals surface area contributed by atoms with E-state index in [0.717, 1.165) is 43.9 Å². The summed E-state index contributed by atoms with van der Waals surface area (Å²) in [6, 6.07) is 0.523. The van der Waals surface area contributed by atoms with E-state index in [1.54, 1.807) is 0 Å². The number of nitrogens with zero attached hydrogens (tertiary/aromatic N) is 2. The Kier molecular flexibility index (Phi) is 4.60. The number of hydrogen-bond acceptors (Lipinski definition) is 5. The van der Waals surface area contributed by atoms with Crippen molar-refractivity contribution < 1.29 is 9.26 Å². The molecule has 0 spiro atoms. The second kappa shape index (κ2) is 6.44. The van der Waals surface area contributed by atoms with Gasteiger partial charge in [0, 0.05) is 18.6 Å². The van der Waals surface area contributed by atoms with E-state index >= 15 is 0 Å². The molecule has 1 aromatic rings. The van der Waals surface area contributed by atoms with Crippen LogP contribution in [0.1, 0.15) is 76.4 Å². The Morgan fingerprint density at radius 3 is 2.86 bits per heavy atom. The monoisotopic (exact) mass is 293 g/mol. The molecule has 3 rings (SSSR count). The van der Waals surface area contributed by atoms with Gasteiger partial charge in [-0.25, -0.2) is 0 Å².